The fourth-order valence-electron chi connectivity index (χ4n) is 2.25. The van der Waals surface area contributed by atoms with Crippen molar-refractivity contribution >= 4 is 0 Å². The predicted molar refractivity (Wildman–Crippen MR) is 77.5 cm³/mol. The molecule has 1 N–H and O–H groups in total. The number of hydrogen-bond donors (Lipinski definition) is 1. The Hall–Kier alpha value is -1.13. The van der Waals surface area contributed by atoms with Crippen LogP contribution < -0.4 is 10.1 Å². The molecule has 0 aliphatic heterocycles. The van der Waals surface area contributed by atoms with Crippen LogP contribution in [0.5, 0.6) is 5.75 Å². The van der Waals surface area contributed by atoms with E-state index in [1.807, 2.05) is 19.2 Å². The Bertz CT molecular complexity index is 352. The van der Waals surface area contributed by atoms with Gasteiger partial charge in [0.25, 0.3) is 0 Å². The van der Waals surface area contributed by atoms with Gasteiger partial charge < -0.3 is 14.8 Å². The highest BCUT2D eigenvalue weighted by atomic mass is 16.5. The average molecular weight is 266 g/mol. The summed E-state index contributed by atoms with van der Waals surface area (Å²) < 4.78 is 11.1. The van der Waals surface area contributed by atoms with Crippen molar-refractivity contribution in [2.24, 2.45) is 0 Å². The fourth-order valence-corrected chi connectivity index (χ4v) is 2.25. The lowest BCUT2D eigenvalue weighted by Gasteiger charge is -2.28. The quantitative estimate of drug-likeness (QED) is 0.746. The van der Waals surface area contributed by atoms with Crippen LogP contribution in [-0.4, -0.2) is 31.3 Å². The van der Waals surface area contributed by atoms with Crippen molar-refractivity contribution in [1.82, 2.24) is 10.3 Å². The zero-order chi connectivity index (χ0) is 14.1. The molecule has 1 heterocycles. The van der Waals surface area contributed by atoms with Gasteiger partial charge in [-0.05, 0) is 31.5 Å². The van der Waals surface area contributed by atoms with E-state index < -0.39 is 0 Å². The average Bonchev–Trinajstić information content (AvgIpc) is 2.45. The van der Waals surface area contributed by atoms with Crippen molar-refractivity contribution in [2.45, 2.75) is 45.8 Å². The summed E-state index contributed by atoms with van der Waals surface area (Å²) in [5.74, 6) is 0.784. The van der Waals surface area contributed by atoms with Crippen LogP contribution in [0.3, 0.4) is 0 Å². The maximum Gasteiger partial charge on any atom is 0.137 e. The first-order valence-corrected chi connectivity index (χ1v) is 7.10. The predicted octanol–water partition coefficient (Wildman–Crippen LogP) is 2.95. The molecule has 0 radical (unpaired) electrons. The highest BCUT2D eigenvalue weighted by Crippen LogP contribution is 2.24. The summed E-state index contributed by atoms with van der Waals surface area (Å²) >= 11 is 0. The highest BCUT2D eigenvalue weighted by molar-refractivity contribution is 5.26. The number of hydrogen-bond acceptors (Lipinski definition) is 4. The second-order valence-corrected chi connectivity index (χ2v) is 4.48. The molecule has 0 aliphatic rings. The van der Waals surface area contributed by atoms with Gasteiger partial charge in [-0.2, -0.15) is 0 Å². The first-order chi connectivity index (χ1) is 9.26. The minimum Gasteiger partial charge on any atom is -0.495 e. The summed E-state index contributed by atoms with van der Waals surface area (Å²) in [6.45, 7) is 7.95. The Balaban J connectivity index is 2.94. The largest absolute Gasteiger partial charge is 0.495 e. The number of methoxy groups -OCH3 is 1. The molecule has 0 saturated carbocycles. The van der Waals surface area contributed by atoms with Gasteiger partial charge >= 0.3 is 0 Å². The molecule has 1 aromatic heterocycles. The monoisotopic (exact) mass is 266 g/mol. The van der Waals surface area contributed by atoms with Gasteiger partial charge in [0.05, 0.1) is 25.5 Å². The molecular weight excluding hydrogens is 240 g/mol. The summed E-state index contributed by atoms with van der Waals surface area (Å²) in [5.41, 5.74) is 1.12. The van der Waals surface area contributed by atoms with Gasteiger partial charge in [-0.3, -0.25) is 4.98 Å². The zero-order valence-electron chi connectivity index (χ0n) is 12.5. The van der Waals surface area contributed by atoms with Crippen molar-refractivity contribution in [2.75, 3.05) is 20.3 Å². The molecule has 2 atom stereocenters. The number of aromatic nitrogens is 1. The Morgan fingerprint density at radius 1 is 1.26 bits per heavy atom. The third-order valence-corrected chi connectivity index (χ3v) is 3.08. The fraction of sp³-hybridized carbons (Fsp3) is 0.667. The van der Waals surface area contributed by atoms with Crippen molar-refractivity contribution < 1.29 is 9.47 Å². The van der Waals surface area contributed by atoms with Gasteiger partial charge in [-0.25, -0.2) is 0 Å². The smallest absolute Gasteiger partial charge is 0.137 e. The Morgan fingerprint density at radius 3 is 2.63 bits per heavy atom. The van der Waals surface area contributed by atoms with E-state index in [1.54, 1.807) is 13.3 Å². The maximum atomic E-state index is 5.89. The Labute approximate surface area is 116 Å². The minimum absolute atomic E-state index is 0.160. The summed E-state index contributed by atoms with van der Waals surface area (Å²) in [7, 11) is 1.66. The van der Waals surface area contributed by atoms with Crippen LogP contribution in [0.25, 0.3) is 0 Å². The van der Waals surface area contributed by atoms with Gasteiger partial charge in [0.2, 0.25) is 0 Å². The van der Waals surface area contributed by atoms with E-state index in [4.69, 9.17) is 9.47 Å². The lowest BCUT2D eigenvalue weighted by molar-refractivity contribution is 0.0279. The molecule has 1 rings (SSSR count). The highest BCUT2D eigenvalue weighted by Gasteiger charge is 2.22. The van der Waals surface area contributed by atoms with E-state index >= 15 is 0 Å². The van der Waals surface area contributed by atoms with Crippen LogP contribution in [0.1, 0.15) is 45.2 Å². The first kappa shape index (κ1) is 15.9. The lowest BCUT2D eigenvalue weighted by Crippen LogP contribution is -2.34. The molecule has 0 fully saturated rings. The van der Waals surface area contributed by atoms with Crippen LogP contribution in [0.15, 0.2) is 18.5 Å². The molecule has 0 aliphatic carbocycles. The number of nitrogens with zero attached hydrogens (tertiary/aromatic N) is 1. The van der Waals surface area contributed by atoms with Crippen LogP contribution in [0.2, 0.25) is 0 Å². The van der Waals surface area contributed by atoms with Gasteiger partial charge in [0.1, 0.15) is 5.75 Å². The number of likely N-dealkylation sites (N-methyl/N-ethyl adjacent to an activating group) is 1. The summed E-state index contributed by atoms with van der Waals surface area (Å²) in [6.07, 6.45) is 5.91. The molecule has 0 spiro atoms. The first-order valence-electron chi connectivity index (χ1n) is 7.10. The van der Waals surface area contributed by atoms with Crippen molar-refractivity contribution in [3.63, 3.8) is 0 Å². The Morgan fingerprint density at radius 2 is 2.05 bits per heavy atom. The van der Waals surface area contributed by atoms with Crippen molar-refractivity contribution in [3.8, 4) is 5.75 Å². The van der Waals surface area contributed by atoms with E-state index in [-0.39, 0.29) is 12.1 Å². The normalized spacial score (nSPS) is 14.1. The standard InChI is InChI=1S/C15H26N2O2/c1-5-8-14(19-7-3)15(17-6-2)12-9-13(18-4)11-16-10-12/h9-11,14-15,17H,5-8H2,1-4H3. The number of pyridine rings is 1. The SMILES string of the molecule is CCCC(OCC)C(NCC)c1cncc(OC)c1. The van der Waals surface area contributed by atoms with Gasteiger partial charge in [0.15, 0.2) is 0 Å². The minimum atomic E-state index is 0.160. The van der Waals surface area contributed by atoms with E-state index in [0.717, 1.165) is 37.3 Å². The van der Waals surface area contributed by atoms with E-state index in [2.05, 4.69) is 24.1 Å². The summed E-state index contributed by atoms with van der Waals surface area (Å²) in [6, 6.07) is 2.19. The molecule has 0 bridgehead atoms. The number of nitrogens with one attached hydrogen (secondary N) is 1. The molecule has 0 saturated heterocycles. The molecule has 1 aromatic rings. The number of ether oxygens (including phenoxy) is 2. The molecule has 108 valence electrons. The summed E-state index contributed by atoms with van der Waals surface area (Å²) in [4.78, 5) is 4.24. The third-order valence-electron chi connectivity index (χ3n) is 3.08. The van der Waals surface area contributed by atoms with Crippen LogP contribution in [0.4, 0.5) is 0 Å². The van der Waals surface area contributed by atoms with Gasteiger partial charge in [-0.1, -0.05) is 20.3 Å². The van der Waals surface area contributed by atoms with Gasteiger partial charge in [0, 0.05) is 12.8 Å². The van der Waals surface area contributed by atoms with Crippen LogP contribution >= 0.6 is 0 Å². The molecule has 4 heteroatoms. The summed E-state index contributed by atoms with van der Waals surface area (Å²) in [5, 5.41) is 3.50. The molecule has 0 amide bonds. The van der Waals surface area contributed by atoms with Crippen molar-refractivity contribution in [3.05, 3.63) is 24.0 Å². The molecule has 2 unspecified atom stereocenters. The zero-order valence-corrected chi connectivity index (χ0v) is 12.5. The second-order valence-electron chi connectivity index (χ2n) is 4.48. The van der Waals surface area contributed by atoms with E-state index in [9.17, 15) is 0 Å². The lowest BCUT2D eigenvalue weighted by atomic mass is 9.99. The topological polar surface area (TPSA) is 43.4 Å². The molecule has 19 heavy (non-hydrogen) atoms. The second kappa shape index (κ2) is 8.88. The van der Waals surface area contributed by atoms with Crippen LogP contribution in [0, 0.1) is 0 Å². The molecule has 4 nitrogen and oxygen atoms in total. The van der Waals surface area contributed by atoms with E-state index in [1.165, 1.54) is 0 Å². The molecule has 0 aromatic carbocycles. The third kappa shape index (κ3) is 4.80. The number of rotatable bonds is 9. The Kier molecular flexibility index (Phi) is 7.45. The van der Waals surface area contributed by atoms with Gasteiger partial charge in [-0.15, -0.1) is 0 Å². The maximum absolute atomic E-state index is 5.89. The molecular formula is C15H26N2O2. The van der Waals surface area contributed by atoms with Crippen LogP contribution in [-0.2, 0) is 4.74 Å². The van der Waals surface area contributed by atoms with Crippen molar-refractivity contribution in [1.29, 1.82) is 0 Å². The van der Waals surface area contributed by atoms with E-state index in [0.29, 0.717) is 0 Å².